The molecule has 146 valence electrons. The standard InChI is InChI=1S/C21H25N3O.CO2/c1-15-6-7-19-17(11-15)18-13-23(3)10-8-20(18)24(19)14-21(2,25)16-5-4-9-22-12-16;2-1-3/h4-7,9,11-12,25H,8,10,13-14H2,1-3H3;. The van der Waals surface area contributed by atoms with Crippen molar-refractivity contribution in [1.82, 2.24) is 14.5 Å². The smallest absolute Gasteiger partial charge is 0.373 e. The highest BCUT2D eigenvalue weighted by molar-refractivity contribution is 5.86. The second-order valence-electron chi connectivity index (χ2n) is 7.62. The van der Waals surface area contributed by atoms with E-state index in [1.807, 2.05) is 19.1 Å². The van der Waals surface area contributed by atoms with Crippen molar-refractivity contribution < 1.29 is 14.7 Å². The van der Waals surface area contributed by atoms with Gasteiger partial charge in [-0.2, -0.15) is 9.59 Å². The molecule has 6 nitrogen and oxygen atoms in total. The van der Waals surface area contributed by atoms with E-state index in [4.69, 9.17) is 9.59 Å². The van der Waals surface area contributed by atoms with Crippen molar-refractivity contribution in [3.05, 3.63) is 65.1 Å². The molecule has 0 saturated heterocycles. The van der Waals surface area contributed by atoms with Crippen LogP contribution in [0.4, 0.5) is 0 Å². The average Bonchev–Trinajstić information content (AvgIpc) is 2.95. The first-order valence-electron chi connectivity index (χ1n) is 9.28. The fraction of sp³-hybridized carbons (Fsp3) is 0.364. The van der Waals surface area contributed by atoms with Gasteiger partial charge in [0.25, 0.3) is 0 Å². The molecule has 0 radical (unpaired) electrons. The first-order valence-corrected chi connectivity index (χ1v) is 9.28. The SMILES string of the molecule is Cc1ccc2c(c1)c1c(n2CC(C)(O)c2cccnc2)CCN(C)C1.O=C=O. The summed E-state index contributed by atoms with van der Waals surface area (Å²) in [6.45, 7) is 6.58. The highest BCUT2D eigenvalue weighted by Gasteiger charge is 2.29. The molecule has 0 aliphatic carbocycles. The van der Waals surface area contributed by atoms with Crippen molar-refractivity contribution in [2.75, 3.05) is 13.6 Å². The number of aromatic nitrogens is 2. The third-order valence-corrected chi connectivity index (χ3v) is 5.35. The molecule has 3 heterocycles. The minimum absolute atomic E-state index is 0.250. The molecular weight excluding hydrogens is 354 g/mol. The lowest BCUT2D eigenvalue weighted by atomic mass is 9.97. The van der Waals surface area contributed by atoms with Crippen LogP contribution in [0.3, 0.4) is 0 Å². The van der Waals surface area contributed by atoms with Gasteiger partial charge < -0.3 is 14.6 Å². The molecule has 4 rings (SSSR count). The summed E-state index contributed by atoms with van der Waals surface area (Å²) in [6.07, 6.45) is 4.77. The normalized spacial score (nSPS) is 15.9. The molecule has 0 bridgehead atoms. The first kappa shape index (κ1) is 20.0. The molecule has 0 saturated carbocycles. The summed E-state index contributed by atoms with van der Waals surface area (Å²) in [4.78, 5) is 22.8. The number of hydrogen-bond acceptors (Lipinski definition) is 5. The van der Waals surface area contributed by atoms with Gasteiger partial charge in [-0.15, -0.1) is 0 Å². The van der Waals surface area contributed by atoms with Crippen molar-refractivity contribution in [2.24, 2.45) is 0 Å². The van der Waals surface area contributed by atoms with E-state index in [0.717, 1.165) is 25.1 Å². The number of aliphatic hydroxyl groups is 1. The number of fused-ring (bicyclic) bond motifs is 3. The fourth-order valence-corrected chi connectivity index (χ4v) is 3.96. The Hall–Kier alpha value is -2.79. The number of pyridine rings is 1. The molecule has 2 aromatic heterocycles. The fourth-order valence-electron chi connectivity index (χ4n) is 3.96. The van der Waals surface area contributed by atoms with E-state index in [9.17, 15) is 5.11 Å². The minimum atomic E-state index is -0.956. The number of carbonyl (C=O) groups excluding carboxylic acids is 2. The Balaban J connectivity index is 0.000000706. The van der Waals surface area contributed by atoms with Crippen LogP contribution in [0.2, 0.25) is 0 Å². The zero-order valence-electron chi connectivity index (χ0n) is 16.5. The van der Waals surface area contributed by atoms with E-state index < -0.39 is 5.60 Å². The molecule has 1 aliphatic rings. The lowest BCUT2D eigenvalue weighted by molar-refractivity contribution is -0.191. The molecule has 0 amide bonds. The van der Waals surface area contributed by atoms with Gasteiger partial charge in [-0.05, 0) is 44.7 Å². The molecule has 3 aromatic rings. The van der Waals surface area contributed by atoms with Gasteiger partial charge in [-0.25, -0.2) is 0 Å². The average molecular weight is 379 g/mol. The Morgan fingerprint density at radius 3 is 2.71 bits per heavy atom. The van der Waals surface area contributed by atoms with Gasteiger partial charge >= 0.3 is 6.15 Å². The van der Waals surface area contributed by atoms with E-state index in [-0.39, 0.29) is 6.15 Å². The summed E-state index contributed by atoms with van der Waals surface area (Å²) in [5.41, 5.74) is 5.17. The Bertz CT molecular complexity index is 1000. The highest BCUT2D eigenvalue weighted by Crippen LogP contribution is 2.34. The summed E-state index contributed by atoms with van der Waals surface area (Å²) in [5.74, 6) is 0. The minimum Gasteiger partial charge on any atom is -0.384 e. The van der Waals surface area contributed by atoms with Crippen molar-refractivity contribution in [2.45, 2.75) is 39.0 Å². The molecule has 1 atom stereocenters. The second kappa shape index (κ2) is 8.07. The maximum absolute atomic E-state index is 11.2. The van der Waals surface area contributed by atoms with Gasteiger partial charge in [0.1, 0.15) is 5.60 Å². The molecular formula is C22H25N3O3. The Kier molecular flexibility index (Phi) is 5.75. The van der Waals surface area contributed by atoms with Gasteiger partial charge in [0.2, 0.25) is 0 Å². The predicted octanol–water partition coefficient (Wildman–Crippen LogP) is 2.66. The third-order valence-electron chi connectivity index (χ3n) is 5.35. The monoisotopic (exact) mass is 379 g/mol. The lowest BCUT2D eigenvalue weighted by Gasteiger charge is -2.28. The summed E-state index contributed by atoms with van der Waals surface area (Å²) in [7, 11) is 2.17. The molecule has 1 N–H and O–H groups in total. The number of likely N-dealkylation sites (N-methyl/N-ethyl adjacent to an activating group) is 1. The number of nitrogens with zero attached hydrogens (tertiary/aromatic N) is 3. The van der Waals surface area contributed by atoms with E-state index in [0.29, 0.717) is 6.54 Å². The predicted molar refractivity (Wildman–Crippen MR) is 106 cm³/mol. The number of aryl methyl sites for hydroxylation is 1. The molecule has 1 aromatic carbocycles. The van der Waals surface area contributed by atoms with E-state index >= 15 is 0 Å². The maximum Gasteiger partial charge on any atom is 0.373 e. The van der Waals surface area contributed by atoms with Gasteiger partial charge in [0.05, 0.1) is 6.54 Å². The maximum atomic E-state index is 11.2. The van der Waals surface area contributed by atoms with Gasteiger partial charge in [0, 0.05) is 54.1 Å². The van der Waals surface area contributed by atoms with Crippen molar-refractivity contribution >= 4 is 17.1 Å². The second-order valence-corrected chi connectivity index (χ2v) is 7.62. The molecule has 0 spiro atoms. The first-order chi connectivity index (χ1) is 13.4. The van der Waals surface area contributed by atoms with Gasteiger partial charge in [-0.1, -0.05) is 17.7 Å². The molecule has 1 aliphatic heterocycles. The third kappa shape index (κ3) is 3.90. The summed E-state index contributed by atoms with van der Waals surface area (Å²) in [6, 6.07) is 10.5. The number of benzene rings is 1. The molecule has 1 unspecified atom stereocenters. The van der Waals surface area contributed by atoms with Crippen LogP contribution in [0.15, 0.2) is 42.7 Å². The van der Waals surface area contributed by atoms with E-state index in [1.165, 1.54) is 27.7 Å². The summed E-state index contributed by atoms with van der Waals surface area (Å²) < 4.78 is 2.32. The largest absolute Gasteiger partial charge is 0.384 e. The Labute approximate surface area is 164 Å². The van der Waals surface area contributed by atoms with Crippen LogP contribution in [0.1, 0.15) is 29.3 Å². The molecule has 28 heavy (non-hydrogen) atoms. The van der Waals surface area contributed by atoms with Crippen LogP contribution in [-0.4, -0.2) is 39.3 Å². The van der Waals surface area contributed by atoms with Crippen molar-refractivity contribution in [3.8, 4) is 0 Å². The Morgan fingerprint density at radius 1 is 1.29 bits per heavy atom. The number of rotatable bonds is 3. The highest BCUT2D eigenvalue weighted by atomic mass is 16.3. The molecule has 6 heteroatoms. The Morgan fingerprint density at radius 2 is 2.04 bits per heavy atom. The van der Waals surface area contributed by atoms with Crippen LogP contribution in [-0.2, 0) is 34.7 Å². The van der Waals surface area contributed by atoms with Crippen molar-refractivity contribution in [1.29, 1.82) is 0 Å². The summed E-state index contributed by atoms with van der Waals surface area (Å²) in [5, 5.41) is 12.5. The topological polar surface area (TPSA) is 75.4 Å². The van der Waals surface area contributed by atoms with Gasteiger partial charge in [-0.3, -0.25) is 4.98 Å². The summed E-state index contributed by atoms with van der Waals surface area (Å²) >= 11 is 0. The van der Waals surface area contributed by atoms with Crippen LogP contribution in [0.25, 0.3) is 10.9 Å². The van der Waals surface area contributed by atoms with Gasteiger partial charge in [0.15, 0.2) is 0 Å². The van der Waals surface area contributed by atoms with Crippen LogP contribution in [0, 0.1) is 6.92 Å². The number of hydrogen-bond donors (Lipinski definition) is 1. The zero-order valence-corrected chi connectivity index (χ0v) is 16.5. The van der Waals surface area contributed by atoms with Crippen LogP contribution >= 0.6 is 0 Å². The zero-order chi connectivity index (χ0) is 20.3. The van der Waals surface area contributed by atoms with E-state index in [1.54, 1.807) is 12.4 Å². The van der Waals surface area contributed by atoms with Crippen LogP contribution in [0.5, 0.6) is 0 Å². The quantitative estimate of drug-likeness (QED) is 0.757. The lowest BCUT2D eigenvalue weighted by Crippen LogP contribution is -2.31. The van der Waals surface area contributed by atoms with Crippen molar-refractivity contribution in [3.63, 3.8) is 0 Å². The van der Waals surface area contributed by atoms with Crippen LogP contribution < -0.4 is 0 Å². The molecule has 0 fully saturated rings. The van der Waals surface area contributed by atoms with E-state index in [2.05, 4.69) is 46.6 Å².